The average Bonchev–Trinajstić information content (AvgIpc) is 3.04. The zero-order chi connectivity index (χ0) is 17.1. The summed E-state index contributed by atoms with van der Waals surface area (Å²) in [6.07, 6.45) is 2.51. The minimum Gasteiger partial charge on any atom is -0.477 e. The summed E-state index contributed by atoms with van der Waals surface area (Å²) in [5.74, 6) is 1.37. The third kappa shape index (κ3) is 3.37. The van der Waals surface area contributed by atoms with Crippen LogP contribution in [-0.2, 0) is 0 Å². The highest BCUT2D eigenvalue weighted by Crippen LogP contribution is 2.27. The van der Waals surface area contributed by atoms with Gasteiger partial charge in [-0.25, -0.2) is 15.0 Å². The van der Waals surface area contributed by atoms with Crippen LogP contribution < -0.4 is 4.74 Å². The monoisotopic (exact) mass is 326 g/mol. The Morgan fingerprint density at radius 1 is 1.33 bits per heavy atom. The Hall–Kier alpha value is -2.50. The summed E-state index contributed by atoms with van der Waals surface area (Å²) in [5.41, 5.74) is 2.45. The molecule has 1 aliphatic rings. The van der Waals surface area contributed by atoms with Crippen LogP contribution in [0.15, 0.2) is 24.4 Å². The Morgan fingerprint density at radius 3 is 2.79 bits per heavy atom. The van der Waals surface area contributed by atoms with Crippen molar-refractivity contribution in [2.24, 2.45) is 0 Å². The molecule has 0 spiro atoms. The highest BCUT2D eigenvalue weighted by Gasteiger charge is 2.31. The van der Waals surface area contributed by atoms with Gasteiger partial charge in [0, 0.05) is 36.6 Å². The molecule has 0 bridgehead atoms. The van der Waals surface area contributed by atoms with Crippen molar-refractivity contribution in [3.63, 3.8) is 0 Å². The van der Waals surface area contributed by atoms with Gasteiger partial charge >= 0.3 is 0 Å². The fourth-order valence-corrected chi connectivity index (χ4v) is 3.07. The average molecular weight is 326 g/mol. The van der Waals surface area contributed by atoms with Gasteiger partial charge in [0.15, 0.2) is 0 Å². The van der Waals surface area contributed by atoms with E-state index in [1.807, 2.05) is 31.7 Å². The molecular formula is C18H22N4O2. The predicted octanol–water partition coefficient (Wildman–Crippen LogP) is 2.52. The first kappa shape index (κ1) is 16.4. The van der Waals surface area contributed by atoms with Gasteiger partial charge in [-0.3, -0.25) is 4.79 Å². The Balaban J connectivity index is 1.77. The van der Waals surface area contributed by atoms with Gasteiger partial charge in [-0.2, -0.15) is 0 Å². The molecule has 1 amide bonds. The number of likely N-dealkylation sites (tertiary alicyclic amines) is 1. The molecule has 1 saturated heterocycles. The molecule has 0 N–H and O–H groups in total. The van der Waals surface area contributed by atoms with Crippen molar-refractivity contribution in [3.8, 4) is 5.88 Å². The van der Waals surface area contributed by atoms with Crippen molar-refractivity contribution < 1.29 is 9.53 Å². The molecule has 1 fully saturated rings. The number of rotatable bonds is 4. The van der Waals surface area contributed by atoms with Crippen molar-refractivity contribution in [3.05, 3.63) is 47.2 Å². The van der Waals surface area contributed by atoms with E-state index in [0.29, 0.717) is 31.1 Å². The summed E-state index contributed by atoms with van der Waals surface area (Å²) in [7, 11) is 0. The second-order valence-corrected chi connectivity index (χ2v) is 6.03. The van der Waals surface area contributed by atoms with Crippen LogP contribution in [-0.4, -0.2) is 45.5 Å². The quantitative estimate of drug-likeness (QED) is 0.863. The van der Waals surface area contributed by atoms with Crippen LogP contribution in [0.3, 0.4) is 0 Å². The maximum Gasteiger partial charge on any atom is 0.259 e. The summed E-state index contributed by atoms with van der Waals surface area (Å²) in [6, 6.07) is 5.49. The molecule has 0 saturated carbocycles. The number of pyridine rings is 1. The first-order valence-electron chi connectivity index (χ1n) is 8.27. The second kappa shape index (κ2) is 6.95. The van der Waals surface area contributed by atoms with Gasteiger partial charge < -0.3 is 9.64 Å². The highest BCUT2D eigenvalue weighted by atomic mass is 16.5. The molecule has 6 heteroatoms. The molecule has 6 nitrogen and oxygen atoms in total. The second-order valence-electron chi connectivity index (χ2n) is 6.03. The van der Waals surface area contributed by atoms with Crippen molar-refractivity contribution in [2.75, 3.05) is 19.7 Å². The van der Waals surface area contributed by atoms with E-state index in [4.69, 9.17) is 4.74 Å². The molecule has 3 heterocycles. The SMILES string of the molecule is CCOc1ncccc1C(=O)N1CCC(c2nc(C)cc(C)n2)C1. The van der Waals surface area contributed by atoms with E-state index in [0.717, 1.165) is 23.6 Å². The lowest BCUT2D eigenvalue weighted by Gasteiger charge is -2.18. The summed E-state index contributed by atoms with van der Waals surface area (Å²) in [4.78, 5) is 27.9. The van der Waals surface area contributed by atoms with E-state index in [1.165, 1.54) is 0 Å². The van der Waals surface area contributed by atoms with Gasteiger partial charge in [0.1, 0.15) is 11.4 Å². The maximum absolute atomic E-state index is 12.8. The number of hydrogen-bond acceptors (Lipinski definition) is 5. The molecule has 2 aromatic rings. The lowest BCUT2D eigenvalue weighted by atomic mass is 10.1. The Kier molecular flexibility index (Phi) is 4.74. The first-order valence-corrected chi connectivity index (χ1v) is 8.27. The van der Waals surface area contributed by atoms with Crippen LogP contribution in [0.5, 0.6) is 5.88 Å². The normalized spacial score (nSPS) is 17.1. The number of hydrogen-bond donors (Lipinski definition) is 0. The molecule has 0 radical (unpaired) electrons. The van der Waals surface area contributed by atoms with Crippen LogP contribution in [0.4, 0.5) is 0 Å². The number of ether oxygens (including phenoxy) is 1. The van der Waals surface area contributed by atoms with E-state index in [2.05, 4.69) is 15.0 Å². The lowest BCUT2D eigenvalue weighted by molar-refractivity contribution is 0.0785. The minimum atomic E-state index is -0.0431. The van der Waals surface area contributed by atoms with E-state index in [1.54, 1.807) is 18.3 Å². The van der Waals surface area contributed by atoms with Crippen molar-refractivity contribution in [2.45, 2.75) is 33.1 Å². The predicted molar refractivity (Wildman–Crippen MR) is 90.2 cm³/mol. The number of nitrogens with zero attached hydrogens (tertiary/aromatic N) is 4. The number of carbonyl (C=O) groups is 1. The van der Waals surface area contributed by atoms with Gasteiger partial charge in [0.25, 0.3) is 5.91 Å². The number of carbonyl (C=O) groups excluding carboxylic acids is 1. The van der Waals surface area contributed by atoms with Crippen LogP contribution in [0.2, 0.25) is 0 Å². The molecule has 1 aliphatic heterocycles. The van der Waals surface area contributed by atoms with Crippen molar-refractivity contribution in [1.29, 1.82) is 0 Å². The molecule has 1 atom stereocenters. The van der Waals surface area contributed by atoms with Crippen molar-refractivity contribution >= 4 is 5.91 Å². The van der Waals surface area contributed by atoms with Crippen molar-refractivity contribution in [1.82, 2.24) is 19.9 Å². The van der Waals surface area contributed by atoms with E-state index >= 15 is 0 Å². The summed E-state index contributed by atoms with van der Waals surface area (Å²) < 4.78 is 5.48. The summed E-state index contributed by atoms with van der Waals surface area (Å²) >= 11 is 0. The standard InChI is InChI=1S/C18H22N4O2/c1-4-24-17-15(6-5-8-19-17)18(23)22-9-7-14(11-22)16-20-12(2)10-13(3)21-16/h5-6,8,10,14H,4,7,9,11H2,1-3H3. The van der Waals surface area contributed by atoms with Gasteiger partial charge in [-0.05, 0) is 45.4 Å². The molecular weight excluding hydrogens is 304 g/mol. The van der Waals surface area contributed by atoms with Crippen LogP contribution in [0.1, 0.15) is 46.8 Å². The van der Waals surface area contributed by atoms with Gasteiger partial charge in [0.2, 0.25) is 5.88 Å². The van der Waals surface area contributed by atoms with Gasteiger partial charge in [-0.15, -0.1) is 0 Å². The fraction of sp³-hybridized carbons (Fsp3) is 0.444. The maximum atomic E-state index is 12.8. The van der Waals surface area contributed by atoms with Crippen LogP contribution >= 0.6 is 0 Å². The number of aromatic nitrogens is 3. The zero-order valence-corrected chi connectivity index (χ0v) is 14.3. The number of aryl methyl sites for hydroxylation is 2. The first-order chi connectivity index (χ1) is 11.6. The zero-order valence-electron chi connectivity index (χ0n) is 14.3. The molecule has 3 rings (SSSR count). The minimum absolute atomic E-state index is 0.0431. The smallest absolute Gasteiger partial charge is 0.259 e. The molecule has 0 aromatic carbocycles. The third-order valence-electron chi connectivity index (χ3n) is 4.12. The highest BCUT2D eigenvalue weighted by molar-refractivity contribution is 5.96. The molecule has 2 aromatic heterocycles. The summed E-state index contributed by atoms with van der Waals surface area (Å²) in [5, 5.41) is 0. The lowest BCUT2D eigenvalue weighted by Crippen LogP contribution is -2.29. The topological polar surface area (TPSA) is 68.2 Å². The van der Waals surface area contributed by atoms with Gasteiger partial charge in [-0.1, -0.05) is 0 Å². The van der Waals surface area contributed by atoms with Gasteiger partial charge in [0.05, 0.1) is 6.61 Å². The molecule has 24 heavy (non-hydrogen) atoms. The molecule has 0 aliphatic carbocycles. The number of amides is 1. The van der Waals surface area contributed by atoms with E-state index in [-0.39, 0.29) is 11.8 Å². The summed E-state index contributed by atoms with van der Waals surface area (Å²) in [6.45, 7) is 7.63. The van der Waals surface area contributed by atoms with Crippen LogP contribution in [0, 0.1) is 13.8 Å². The van der Waals surface area contributed by atoms with Crippen LogP contribution in [0.25, 0.3) is 0 Å². The molecule has 1 unspecified atom stereocenters. The largest absolute Gasteiger partial charge is 0.477 e. The fourth-order valence-electron chi connectivity index (χ4n) is 3.07. The van der Waals surface area contributed by atoms with E-state index < -0.39 is 0 Å². The Morgan fingerprint density at radius 2 is 2.08 bits per heavy atom. The third-order valence-corrected chi connectivity index (χ3v) is 4.12. The Bertz CT molecular complexity index is 727. The Labute approximate surface area is 141 Å². The molecule has 126 valence electrons. The van der Waals surface area contributed by atoms with E-state index in [9.17, 15) is 4.79 Å².